The first-order chi connectivity index (χ1) is 14.5. The molecule has 1 heterocycles. The highest BCUT2D eigenvalue weighted by atomic mass is 19.3. The zero-order valence-electron chi connectivity index (χ0n) is 17.9. The van der Waals surface area contributed by atoms with E-state index in [1.807, 2.05) is 24.3 Å². The van der Waals surface area contributed by atoms with E-state index in [4.69, 9.17) is 4.74 Å². The lowest BCUT2D eigenvalue weighted by Crippen LogP contribution is -2.54. The van der Waals surface area contributed by atoms with Gasteiger partial charge in [-0.2, -0.15) is 8.78 Å². The molecular weight excluding hydrogens is 406 g/mol. The van der Waals surface area contributed by atoms with Crippen molar-refractivity contribution in [2.24, 2.45) is 0 Å². The van der Waals surface area contributed by atoms with Gasteiger partial charge in [0.15, 0.2) is 0 Å². The van der Waals surface area contributed by atoms with Crippen molar-refractivity contribution < 1.29 is 27.8 Å². The van der Waals surface area contributed by atoms with Gasteiger partial charge < -0.3 is 19.7 Å². The molecule has 31 heavy (non-hydrogen) atoms. The molecule has 0 aromatic heterocycles. The predicted octanol–water partition coefficient (Wildman–Crippen LogP) is 4.83. The van der Waals surface area contributed by atoms with Crippen LogP contribution in [0.1, 0.15) is 44.9 Å². The van der Waals surface area contributed by atoms with E-state index in [9.17, 15) is 18.4 Å². The summed E-state index contributed by atoms with van der Waals surface area (Å²) in [5.74, 6) is -0.294. The Morgan fingerprint density at radius 3 is 2.55 bits per heavy atom. The summed E-state index contributed by atoms with van der Waals surface area (Å²) in [6, 6.07) is 12.4. The Kier molecular flexibility index (Phi) is 6.48. The molecule has 8 heteroatoms. The molecule has 2 atom stereocenters. The monoisotopic (exact) mass is 432 g/mol. The SMILES string of the molecule is C[C@@H](c1cccc(OC(F)F)c1)N1C(=O)[C@H](NC(=O)OC(C)(C)C)Cc2ccccc21. The Morgan fingerprint density at radius 1 is 1.16 bits per heavy atom. The topological polar surface area (TPSA) is 67.9 Å². The van der Waals surface area contributed by atoms with Crippen LogP contribution >= 0.6 is 0 Å². The highest BCUT2D eigenvalue weighted by Gasteiger charge is 2.37. The van der Waals surface area contributed by atoms with E-state index in [2.05, 4.69) is 10.1 Å². The first-order valence-corrected chi connectivity index (χ1v) is 10.0. The summed E-state index contributed by atoms with van der Waals surface area (Å²) < 4.78 is 35.0. The normalized spacial score (nSPS) is 17.2. The standard InChI is InChI=1S/C23H26F2N2O4/c1-14(15-9-7-10-17(12-15)30-21(24)25)27-19-11-6-5-8-16(19)13-18(20(27)28)26-22(29)31-23(2,3)4/h5-12,14,18,21H,13H2,1-4H3,(H,26,29)/t14-,18+/m0/s1. The third-order valence-corrected chi connectivity index (χ3v) is 4.85. The molecule has 2 aromatic carbocycles. The second-order valence-corrected chi connectivity index (χ2v) is 8.37. The van der Waals surface area contributed by atoms with Crippen molar-refractivity contribution in [2.45, 2.75) is 58.4 Å². The summed E-state index contributed by atoms with van der Waals surface area (Å²) in [5.41, 5.74) is 1.52. The molecule has 0 fully saturated rings. The summed E-state index contributed by atoms with van der Waals surface area (Å²) in [6.07, 6.45) is -0.350. The summed E-state index contributed by atoms with van der Waals surface area (Å²) >= 11 is 0. The molecule has 6 nitrogen and oxygen atoms in total. The Balaban J connectivity index is 1.91. The number of alkyl carbamates (subject to hydrolysis) is 1. The summed E-state index contributed by atoms with van der Waals surface area (Å²) in [6.45, 7) is 4.09. The molecule has 1 aliphatic heterocycles. The largest absolute Gasteiger partial charge is 0.444 e. The molecule has 0 unspecified atom stereocenters. The molecular formula is C23H26F2N2O4. The Labute approximate surface area is 180 Å². The molecule has 0 saturated heterocycles. The highest BCUT2D eigenvalue weighted by Crippen LogP contribution is 2.35. The van der Waals surface area contributed by atoms with Crippen LogP contribution in [0.2, 0.25) is 0 Å². The number of para-hydroxylation sites is 1. The number of benzene rings is 2. The third-order valence-electron chi connectivity index (χ3n) is 4.85. The molecule has 1 aliphatic rings. The number of anilines is 1. The van der Waals surface area contributed by atoms with Crippen LogP contribution in [0.25, 0.3) is 0 Å². The minimum atomic E-state index is -2.94. The average Bonchev–Trinajstić information content (AvgIpc) is 2.66. The van der Waals surface area contributed by atoms with Crippen LogP contribution in [-0.4, -0.2) is 30.3 Å². The molecule has 0 saturated carbocycles. The van der Waals surface area contributed by atoms with Gasteiger partial charge in [-0.1, -0.05) is 30.3 Å². The fraction of sp³-hybridized carbons (Fsp3) is 0.391. The number of amides is 2. The van der Waals surface area contributed by atoms with E-state index in [0.29, 0.717) is 17.7 Å². The number of ether oxygens (including phenoxy) is 2. The van der Waals surface area contributed by atoms with Crippen molar-refractivity contribution in [1.29, 1.82) is 0 Å². The number of nitrogens with one attached hydrogen (secondary N) is 1. The van der Waals surface area contributed by atoms with Gasteiger partial charge in [0.05, 0.1) is 6.04 Å². The molecule has 2 aromatic rings. The number of carbonyl (C=O) groups is 2. The lowest BCUT2D eigenvalue weighted by molar-refractivity contribution is -0.121. The smallest absolute Gasteiger partial charge is 0.408 e. The van der Waals surface area contributed by atoms with E-state index < -0.39 is 30.4 Å². The number of nitrogens with zero attached hydrogens (tertiary/aromatic N) is 1. The van der Waals surface area contributed by atoms with Gasteiger partial charge in [0.1, 0.15) is 17.4 Å². The van der Waals surface area contributed by atoms with Crippen LogP contribution < -0.4 is 15.0 Å². The quantitative estimate of drug-likeness (QED) is 0.735. The minimum absolute atomic E-state index is 0.0144. The molecule has 3 rings (SSSR count). The van der Waals surface area contributed by atoms with Gasteiger partial charge in [-0.05, 0) is 57.0 Å². The molecule has 166 valence electrons. The summed E-state index contributed by atoms with van der Waals surface area (Å²) in [4.78, 5) is 27.2. The van der Waals surface area contributed by atoms with E-state index in [1.165, 1.54) is 12.1 Å². The van der Waals surface area contributed by atoms with E-state index in [0.717, 1.165) is 5.56 Å². The van der Waals surface area contributed by atoms with Crippen LogP contribution in [0, 0.1) is 0 Å². The molecule has 1 N–H and O–H groups in total. The van der Waals surface area contributed by atoms with Gasteiger partial charge in [-0.3, -0.25) is 4.79 Å². The zero-order chi connectivity index (χ0) is 22.8. The number of halogens is 2. The molecule has 0 spiro atoms. The van der Waals surface area contributed by atoms with Crippen molar-refractivity contribution in [3.05, 3.63) is 59.7 Å². The van der Waals surface area contributed by atoms with Crippen molar-refractivity contribution in [2.75, 3.05) is 4.90 Å². The van der Waals surface area contributed by atoms with Crippen LogP contribution in [0.3, 0.4) is 0 Å². The van der Waals surface area contributed by atoms with E-state index in [1.54, 1.807) is 44.7 Å². The first kappa shape index (κ1) is 22.5. The minimum Gasteiger partial charge on any atom is -0.444 e. The number of hydrogen-bond donors (Lipinski definition) is 1. The van der Waals surface area contributed by atoms with Gasteiger partial charge >= 0.3 is 12.7 Å². The molecule has 2 amide bonds. The molecule has 0 bridgehead atoms. The lowest BCUT2D eigenvalue weighted by Gasteiger charge is -2.38. The number of hydrogen-bond acceptors (Lipinski definition) is 4. The number of carbonyl (C=O) groups excluding carboxylic acids is 2. The van der Waals surface area contributed by atoms with Gasteiger partial charge in [0.2, 0.25) is 0 Å². The number of fused-ring (bicyclic) bond motifs is 1. The lowest BCUT2D eigenvalue weighted by atomic mass is 9.94. The maximum atomic E-state index is 13.4. The predicted molar refractivity (Wildman–Crippen MR) is 112 cm³/mol. The second kappa shape index (κ2) is 8.91. The number of alkyl halides is 2. The van der Waals surface area contributed by atoms with E-state index in [-0.39, 0.29) is 11.7 Å². The van der Waals surface area contributed by atoms with Crippen LogP contribution in [0.4, 0.5) is 19.3 Å². The van der Waals surface area contributed by atoms with Gasteiger partial charge in [-0.25, -0.2) is 4.79 Å². The van der Waals surface area contributed by atoms with Gasteiger partial charge in [0, 0.05) is 12.1 Å². The maximum Gasteiger partial charge on any atom is 0.408 e. The van der Waals surface area contributed by atoms with Gasteiger partial charge in [-0.15, -0.1) is 0 Å². The molecule has 0 radical (unpaired) electrons. The highest BCUT2D eigenvalue weighted by molar-refractivity contribution is 6.02. The Hall–Kier alpha value is -3.16. The Morgan fingerprint density at radius 2 is 1.87 bits per heavy atom. The van der Waals surface area contributed by atoms with E-state index >= 15 is 0 Å². The summed E-state index contributed by atoms with van der Waals surface area (Å²) in [7, 11) is 0. The zero-order valence-corrected chi connectivity index (χ0v) is 17.9. The van der Waals surface area contributed by atoms with Crippen molar-refractivity contribution in [3.8, 4) is 5.75 Å². The fourth-order valence-electron chi connectivity index (χ4n) is 3.57. The first-order valence-electron chi connectivity index (χ1n) is 10.0. The maximum absolute atomic E-state index is 13.4. The fourth-order valence-corrected chi connectivity index (χ4v) is 3.57. The summed E-state index contributed by atoms with van der Waals surface area (Å²) in [5, 5.41) is 2.66. The van der Waals surface area contributed by atoms with Crippen molar-refractivity contribution >= 4 is 17.7 Å². The second-order valence-electron chi connectivity index (χ2n) is 8.37. The average molecular weight is 432 g/mol. The van der Waals surface area contributed by atoms with Crippen molar-refractivity contribution in [1.82, 2.24) is 5.32 Å². The van der Waals surface area contributed by atoms with Gasteiger partial charge in [0.25, 0.3) is 5.91 Å². The van der Waals surface area contributed by atoms with Crippen LogP contribution in [-0.2, 0) is 16.0 Å². The number of rotatable bonds is 5. The Bertz CT molecular complexity index is 959. The third kappa shape index (κ3) is 5.51. The molecule has 0 aliphatic carbocycles. The van der Waals surface area contributed by atoms with Crippen LogP contribution in [0.5, 0.6) is 5.75 Å². The van der Waals surface area contributed by atoms with Crippen LogP contribution in [0.15, 0.2) is 48.5 Å². The van der Waals surface area contributed by atoms with Crippen molar-refractivity contribution in [3.63, 3.8) is 0 Å².